The minimum Gasteiger partial charge on any atom is -0.395 e. The van der Waals surface area contributed by atoms with Crippen molar-refractivity contribution in [3.8, 4) is 0 Å². The summed E-state index contributed by atoms with van der Waals surface area (Å²) in [5.41, 5.74) is 1.01. The zero-order chi connectivity index (χ0) is 15.0. The second kappa shape index (κ2) is 5.87. The zero-order valence-corrected chi connectivity index (χ0v) is 13.4. The Morgan fingerprint density at radius 3 is 2.67 bits per heavy atom. The monoisotopic (exact) mass is 307 g/mol. The van der Waals surface area contributed by atoms with Crippen LogP contribution in [0.15, 0.2) is 4.79 Å². The second-order valence-electron chi connectivity index (χ2n) is 5.66. The van der Waals surface area contributed by atoms with Gasteiger partial charge in [-0.2, -0.15) is 0 Å². The maximum Gasteiger partial charge on any atom is 0.262 e. The molecule has 1 aliphatic heterocycles. The Hall–Kier alpha value is -1.24. The van der Waals surface area contributed by atoms with Gasteiger partial charge >= 0.3 is 0 Å². The number of aliphatic hydroxyl groups is 1. The van der Waals surface area contributed by atoms with Crippen molar-refractivity contribution in [3.63, 3.8) is 0 Å². The number of likely N-dealkylation sites (tertiary alicyclic amines) is 1. The number of nitrogens with zero attached hydrogens (tertiary/aromatic N) is 3. The van der Waals surface area contributed by atoms with Gasteiger partial charge in [0.25, 0.3) is 5.56 Å². The average molecular weight is 307 g/mol. The van der Waals surface area contributed by atoms with Crippen molar-refractivity contribution in [2.24, 2.45) is 0 Å². The summed E-state index contributed by atoms with van der Waals surface area (Å²) in [4.78, 5) is 21.8. The first-order valence-corrected chi connectivity index (χ1v) is 8.26. The Kier molecular flexibility index (Phi) is 4.10. The third-order valence-corrected chi connectivity index (χ3v) is 5.36. The van der Waals surface area contributed by atoms with Crippen molar-refractivity contribution in [1.29, 1.82) is 0 Å². The molecule has 0 atom stereocenters. The van der Waals surface area contributed by atoms with Crippen LogP contribution in [0, 0.1) is 13.8 Å². The number of thiophene rings is 1. The molecular formula is C15H21N3O2S. The highest BCUT2D eigenvalue weighted by Crippen LogP contribution is 2.26. The minimum absolute atomic E-state index is 0.00917. The summed E-state index contributed by atoms with van der Waals surface area (Å²) in [5, 5.41) is 10.00. The van der Waals surface area contributed by atoms with Gasteiger partial charge in [0.1, 0.15) is 10.7 Å². The molecule has 6 heteroatoms. The number of aromatic nitrogens is 2. The van der Waals surface area contributed by atoms with Gasteiger partial charge in [-0.15, -0.1) is 11.3 Å². The van der Waals surface area contributed by atoms with Gasteiger partial charge < -0.3 is 5.11 Å². The van der Waals surface area contributed by atoms with E-state index in [0.717, 1.165) is 39.6 Å². The summed E-state index contributed by atoms with van der Waals surface area (Å²) in [6, 6.07) is 0. The van der Waals surface area contributed by atoms with Gasteiger partial charge in [-0.25, -0.2) is 4.98 Å². The fourth-order valence-corrected chi connectivity index (χ4v) is 4.00. The molecule has 21 heavy (non-hydrogen) atoms. The molecule has 0 unspecified atom stereocenters. The van der Waals surface area contributed by atoms with Crippen molar-refractivity contribution in [2.75, 3.05) is 19.7 Å². The Morgan fingerprint density at radius 1 is 1.29 bits per heavy atom. The van der Waals surface area contributed by atoms with E-state index in [-0.39, 0.29) is 12.2 Å². The second-order valence-corrected chi connectivity index (χ2v) is 6.86. The highest BCUT2D eigenvalue weighted by molar-refractivity contribution is 7.18. The van der Waals surface area contributed by atoms with Gasteiger partial charge in [-0.05, 0) is 45.3 Å². The van der Waals surface area contributed by atoms with Crippen LogP contribution in [0.25, 0.3) is 10.2 Å². The van der Waals surface area contributed by atoms with Gasteiger partial charge in [0, 0.05) is 4.88 Å². The maximum atomic E-state index is 12.7. The molecule has 0 aromatic carbocycles. The Labute approximate surface area is 127 Å². The highest BCUT2D eigenvalue weighted by Gasteiger charge is 2.19. The van der Waals surface area contributed by atoms with Crippen LogP contribution >= 0.6 is 11.3 Å². The Morgan fingerprint density at radius 2 is 2.00 bits per heavy atom. The first-order valence-electron chi connectivity index (χ1n) is 7.44. The van der Waals surface area contributed by atoms with E-state index in [1.165, 1.54) is 12.8 Å². The van der Waals surface area contributed by atoms with Gasteiger partial charge in [-0.1, -0.05) is 0 Å². The highest BCUT2D eigenvalue weighted by atomic mass is 32.1. The lowest BCUT2D eigenvalue weighted by atomic mass is 10.2. The van der Waals surface area contributed by atoms with E-state index in [0.29, 0.717) is 13.1 Å². The van der Waals surface area contributed by atoms with Gasteiger partial charge in [0.15, 0.2) is 0 Å². The van der Waals surface area contributed by atoms with Crippen molar-refractivity contribution in [1.82, 2.24) is 14.5 Å². The number of hydrogen-bond acceptors (Lipinski definition) is 5. The molecule has 2 aromatic rings. The van der Waals surface area contributed by atoms with Crippen molar-refractivity contribution in [2.45, 2.75) is 39.8 Å². The summed E-state index contributed by atoms with van der Waals surface area (Å²) < 4.78 is 1.65. The third-order valence-electron chi connectivity index (χ3n) is 4.26. The molecule has 2 aromatic heterocycles. The van der Waals surface area contributed by atoms with Crippen LogP contribution < -0.4 is 5.56 Å². The average Bonchev–Trinajstić information content (AvgIpc) is 3.04. The SMILES string of the molecule is Cc1sc2nc(CN3CCCC3)n(CCO)c(=O)c2c1C. The van der Waals surface area contributed by atoms with E-state index in [9.17, 15) is 9.90 Å². The van der Waals surface area contributed by atoms with Crippen LogP contribution in [0.5, 0.6) is 0 Å². The smallest absolute Gasteiger partial charge is 0.262 e. The number of rotatable bonds is 4. The Bertz CT molecular complexity index is 714. The molecule has 1 N–H and O–H groups in total. The van der Waals surface area contributed by atoms with Crippen molar-refractivity contribution >= 4 is 21.6 Å². The zero-order valence-electron chi connectivity index (χ0n) is 12.6. The topological polar surface area (TPSA) is 58.4 Å². The summed E-state index contributed by atoms with van der Waals surface area (Å²) in [7, 11) is 0. The maximum absolute atomic E-state index is 12.7. The van der Waals surface area contributed by atoms with E-state index in [4.69, 9.17) is 4.98 Å². The van der Waals surface area contributed by atoms with E-state index in [1.54, 1.807) is 15.9 Å². The molecule has 0 aliphatic carbocycles. The van der Waals surface area contributed by atoms with Crippen molar-refractivity contribution < 1.29 is 5.11 Å². The molecule has 0 spiro atoms. The van der Waals surface area contributed by atoms with E-state index < -0.39 is 0 Å². The van der Waals surface area contributed by atoms with Crippen LogP contribution in [0.2, 0.25) is 0 Å². The molecule has 3 heterocycles. The normalized spacial score (nSPS) is 16.1. The van der Waals surface area contributed by atoms with Crippen molar-refractivity contribution in [3.05, 3.63) is 26.6 Å². The first-order chi connectivity index (χ1) is 10.1. The molecule has 0 bridgehead atoms. The molecule has 1 fully saturated rings. The lowest BCUT2D eigenvalue weighted by molar-refractivity contribution is 0.262. The molecule has 0 amide bonds. The molecule has 3 rings (SSSR count). The quantitative estimate of drug-likeness (QED) is 0.933. The van der Waals surface area contributed by atoms with Gasteiger partial charge in [0.2, 0.25) is 0 Å². The summed E-state index contributed by atoms with van der Waals surface area (Å²) in [6.07, 6.45) is 2.42. The van der Waals surface area contributed by atoms with Gasteiger partial charge in [-0.3, -0.25) is 14.3 Å². The minimum atomic E-state index is -0.0394. The molecule has 0 radical (unpaired) electrons. The molecular weight excluding hydrogens is 286 g/mol. The summed E-state index contributed by atoms with van der Waals surface area (Å²) in [6.45, 7) is 7.10. The van der Waals surface area contributed by atoms with E-state index >= 15 is 0 Å². The molecule has 114 valence electrons. The molecule has 0 saturated carbocycles. The van der Waals surface area contributed by atoms with E-state index in [2.05, 4.69) is 4.90 Å². The Balaban J connectivity index is 2.12. The largest absolute Gasteiger partial charge is 0.395 e. The third kappa shape index (κ3) is 2.63. The molecule has 1 saturated heterocycles. The van der Waals surface area contributed by atoms with Gasteiger partial charge in [0.05, 0.1) is 25.1 Å². The number of hydrogen-bond donors (Lipinski definition) is 1. The fourth-order valence-electron chi connectivity index (χ4n) is 2.96. The number of fused-ring (bicyclic) bond motifs is 1. The standard InChI is InChI=1S/C15H21N3O2S/c1-10-11(2)21-14-13(10)15(20)18(7-8-19)12(16-14)9-17-5-3-4-6-17/h19H,3-9H2,1-2H3. The molecule has 1 aliphatic rings. The lowest BCUT2D eigenvalue weighted by Crippen LogP contribution is -2.30. The van der Waals surface area contributed by atoms with Crippen LogP contribution in [0.4, 0.5) is 0 Å². The van der Waals surface area contributed by atoms with Crippen LogP contribution in [-0.4, -0.2) is 39.3 Å². The van der Waals surface area contributed by atoms with Crippen LogP contribution in [0.1, 0.15) is 29.1 Å². The predicted molar refractivity (Wildman–Crippen MR) is 85.0 cm³/mol. The van der Waals surface area contributed by atoms with Crippen LogP contribution in [0.3, 0.4) is 0 Å². The number of aryl methyl sites for hydroxylation is 2. The predicted octanol–water partition coefficient (Wildman–Crippen LogP) is 1.66. The fraction of sp³-hybridized carbons (Fsp3) is 0.600. The molecule has 5 nitrogen and oxygen atoms in total. The lowest BCUT2D eigenvalue weighted by Gasteiger charge is -2.17. The number of aliphatic hydroxyl groups excluding tert-OH is 1. The summed E-state index contributed by atoms with van der Waals surface area (Å²) >= 11 is 1.59. The van der Waals surface area contributed by atoms with Crippen LogP contribution in [-0.2, 0) is 13.1 Å². The summed E-state index contributed by atoms with van der Waals surface area (Å²) in [5.74, 6) is 0.782. The van der Waals surface area contributed by atoms with E-state index in [1.807, 2.05) is 13.8 Å². The first kappa shape index (κ1) is 14.7.